The molecule has 1 aliphatic rings. The molecular weight excluding hydrogens is 390 g/mol. The van der Waals surface area contributed by atoms with Crippen molar-refractivity contribution < 1.29 is 14.3 Å². The zero-order valence-electron chi connectivity index (χ0n) is 16.2. The van der Waals surface area contributed by atoms with E-state index in [0.717, 1.165) is 23.5 Å². The van der Waals surface area contributed by atoms with Gasteiger partial charge in [0, 0.05) is 19.0 Å². The predicted molar refractivity (Wildman–Crippen MR) is 119 cm³/mol. The summed E-state index contributed by atoms with van der Waals surface area (Å²) in [6, 6.07) is 13.8. The summed E-state index contributed by atoms with van der Waals surface area (Å²) in [4.78, 5) is 14.3. The number of para-hydroxylation sites is 1. The third-order valence-electron chi connectivity index (χ3n) is 4.55. The molecule has 0 spiro atoms. The lowest BCUT2D eigenvalue weighted by Gasteiger charge is -2.12. The number of thiocarbonyl (C=S) groups is 1. The second kappa shape index (κ2) is 9.26. The number of carbonyl (C=O) groups is 1. The highest BCUT2D eigenvalue weighted by atomic mass is 32.2. The Balaban J connectivity index is 1.56. The number of likely N-dealkylation sites (N-methyl/N-ethyl adjacent to an activating group) is 1. The van der Waals surface area contributed by atoms with Gasteiger partial charge in [0.1, 0.15) is 15.8 Å². The molecule has 28 heavy (non-hydrogen) atoms. The van der Waals surface area contributed by atoms with Crippen LogP contribution in [0.5, 0.6) is 11.5 Å². The summed E-state index contributed by atoms with van der Waals surface area (Å²) in [6.07, 6.45) is 2.60. The van der Waals surface area contributed by atoms with Gasteiger partial charge in [-0.1, -0.05) is 54.3 Å². The first-order valence-corrected chi connectivity index (χ1v) is 10.3. The van der Waals surface area contributed by atoms with E-state index >= 15 is 0 Å². The summed E-state index contributed by atoms with van der Waals surface area (Å²) in [7, 11) is 1.69. The number of hydrogen-bond donors (Lipinski definition) is 0. The molecule has 1 saturated heterocycles. The van der Waals surface area contributed by atoms with Gasteiger partial charge in [0.2, 0.25) is 0 Å². The highest BCUT2D eigenvalue weighted by molar-refractivity contribution is 8.26. The summed E-state index contributed by atoms with van der Waals surface area (Å²) in [5.41, 5.74) is 3.26. The fourth-order valence-electron chi connectivity index (χ4n) is 2.72. The molecule has 0 radical (unpaired) electrons. The Kier molecular flexibility index (Phi) is 6.75. The summed E-state index contributed by atoms with van der Waals surface area (Å²) >= 11 is 6.49. The van der Waals surface area contributed by atoms with E-state index in [4.69, 9.17) is 21.7 Å². The third-order valence-corrected chi connectivity index (χ3v) is 6.04. The molecule has 1 fully saturated rings. The van der Waals surface area contributed by atoms with Crippen molar-refractivity contribution in [2.24, 2.45) is 0 Å². The van der Waals surface area contributed by atoms with Gasteiger partial charge in [0.25, 0.3) is 5.91 Å². The maximum absolute atomic E-state index is 12.2. The number of nitrogens with zero attached hydrogens (tertiary/aromatic N) is 1. The van der Waals surface area contributed by atoms with Crippen LogP contribution < -0.4 is 9.47 Å². The van der Waals surface area contributed by atoms with Gasteiger partial charge in [-0.25, -0.2) is 0 Å². The van der Waals surface area contributed by atoms with E-state index in [-0.39, 0.29) is 5.91 Å². The number of thioether (sulfide) groups is 1. The van der Waals surface area contributed by atoms with Gasteiger partial charge in [-0.3, -0.25) is 9.69 Å². The molecule has 1 amide bonds. The van der Waals surface area contributed by atoms with Crippen molar-refractivity contribution in [2.45, 2.75) is 20.3 Å². The Hall–Kier alpha value is -2.31. The van der Waals surface area contributed by atoms with Gasteiger partial charge in [-0.15, -0.1) is 0 Å². The first-order chi connectivity index (χ1) is 13.5. The van der Waals surface area contributed by atoms with E-state index < -0.39 is 0 Å². The number of rotatable bonds is 7. The van der Waals surface area contributed by atoms with Crippen molar-refractivity contribution in [3.05, 3.63) is 64.1 Å². The molecule has 2 aromatic carbocycles. The second-order valence-electron chi connectivity index (χ2n) is 6.53. The molecular formula is C22H23NO3S2. The van der Waals surface area contributed by atoms with Crippen molar-refractivity contribution >= 4 is 40.3 Å². The minimum absolute atomic E-state index is 0.0771. The van der Waals surface area contributed by atoms with Crippen LogP contribution >= 0.6 is 24.0 Å². The van der Waals surface area contributed by atoms with E-state index in [2.05, 4.69) is 19.9 Å². The highest BCUT2D eigenvalue weighted by Gasteiger charge is 2.28. The van der Waals surface area contributed by atoms with Crippen LogP contribution in [0.4, 0.5) is 0 Å². The zero-order chi connectivity index (χ0) is 20.1. The van der Waals surface area contributed by atoms with Gasteiger partial charge in [-0.05, 0) is 43.2 Å². The molecule has 0 aliphatic carbocycles. The fraction of sp³-hybridized carbons (Fsp3) is 0.273. The van der Waals surface area contributed by atoms with Crippen LogP contribution in [-0.2, 0) is 4.79 Å². The number of amides is 1. The molecule has 0 N–H and O–H groups in total. The Morgan fingerprint density at radius 1 is 1.04 bits per heavy atom. The SMILES string of the molecule is Cc1cccc(OCCCOc2ccccc2/C=C2/SC(=S)N(C)C2=O)c1C. The van der Waals surface area contributed by atoms with Gasteiger partial charge >= 0.3 is 0 Å². The molecule has 3 rings (SSSR count). The number of hydrogen-bond acceptors (Lipinski definition) is 5. The average Bonchev–Trinajstić information content (AvgIpc) is 2.92. The van der Waals surface area contributed by atoms with Crippen LogP contribution in [0.2, 0.25) is 0 Å². The molecule has 6 heteroatoms. The minimum Gasteiger partial charge on any atom is -0.493 e. The monoisotopic (exact) mass is 413 g/mol. The van der Waals surface area contributed by atoms with E-state index in [1.165, 1.54) is 27.8 Å². The van der Waals surface area contributed by atoms with Gasteiger partial charge < -0.3 is 9.47 Å². The van der Waals surface area contributed by atoms with Crippen molar-refractivity contribution in [1.82, 2.24) is 4.90 Å². The topological polar surface area (TPSA) is 38.8 Å². The first-order valence-electron chi connectivity index (χ1n) is 9.10. The predicted octanol–water partition coefficient (Wildman–Crippen LogP) is 4.98. The highest BCUT2D eigenvalue weighted by Crippen LogP contribution is 2.33. The molecule has 0 atom stereocenters. The summed E-state index contributed by atoms with van der Waals surface area (Å²) in [6.45, 7) is 5.26. The maximum atomic E-state index is 12.2. The third kappa shape index (κ3) is 4.75. The molecule has 2 aromatic rings. The normalized spacial score (nSPS) is 15.4. The van der Waals surface area contributed by atoms with E-state index in [0.29, 0.717) is 22.4 Å². The summed E-state index contributed by atoms with van der Waals surface area (Å²) < 4.78 is 12.4. The number of aryl methyl sites for hydroxylation is 1. The van der Waals surface area contributed by atoms with Gasteiger partial charge in [-0.2, -0.15) is 0 Å². The molecule has 1 heterocycles. The van der Waals surface area contributed by atoms with Crippen molar-refractivity contribution in [2.75, 3.05) is 20.3 Å². The Morgan fingerprint density at radius 3 is 2.43 bits per heavy atom. The van der Waals surface area contributed by atoms with Gasteiger partial charge in [0.05, 0.1) is 18.1 Å². The van der Waals surface area contributed by atoms with Crippen LogP contribution in [0.1, 0.15) is 23.1 Å². The zero-order valence-corrected chi connectivity index (χ0v) is 17.9. The van der Waals surface area contributed by atoms with Crippen molar-refractivity contribution in [3.63, 3.8) is 0 Å². The Labute approximate surface area is 175 Å². The fourth-order valence-corrected chi connectivity index (χ4v) is 3.89. The van der Waals surface area contributed by atoms with Crippen LogP contribution in [0.15, 0.2) is 47.4 Å². The quantitative estimate of drug-likeness (QED) is 0.364. The molecule has 0 saturated carbocycles. The van der Waals surface area contributed by atoms with Crippen molar-refractivity contribution in [3.8, 4) is 11.5 Å². The molecule has 146 valence electrons. The average molecular weight is 414 g/mol. The molecule has 0 unspecified atom stereocenters. The van der Waals surface area contributed by atoms with E-state index in [1.54, 1.807) is 7.05 Å². The summed E-state index contributed by atoms with van der Waals surface area (Å²) in [5.74, 6) is 1.59. The minimum atomic E-state index is -0.0771. The smallest absolute Gasteiger partial charge is 0.265 e. The molecule has 1 aliphatic heterocycles. The van der Waals surface area contributed by atoms with Crippen LogP contribution in [-0.4, -0.2) is 35.4 Å². The Morgan fingerprint density at radius 2 is 1.71 bits per heavy atom. The number of ether oxygens (including phenoxy) is 2. The van der Waals surface area contributed by atoms with E-state index in [9.17, 15) is 4.79 Å². The number of benzene rings is 2. The first kappa shape index (κ1) is 20.4. The second-order valence-corrected chi connectivity index (χ2v) is 8.20. The molecule has 0 aromatic heterocycles. The molecule has 0 bridgehead atoms. The van der Waals surface area contributed by atoms with Gasteiger partial charge in [0.15, 0.2) is 0 Å². The Bertz CT molecular complexity index is 924. The van der Waals surface area contributed by atoms with E-state index in [1.807, 2.05) is 42.5 Å². The lowest BCUT2D eigenvalue weighted by Crippen LogP contribution is -2.22. The maximum Gasteiger partial charge on any atom is 0.265 e. The summed E-state index contributed by atoms with van der Waals surface area (Å²) in [5, 5.41) is 0. The largest absolute Gasteiger partial charge is 0.493 e. The molecule has 4 nitrogen and oxygen atoms in total. The van der Waals surface area contributed by atoms with Crippen molar-refractivity contribution in [1.29, 1.82) is 0 Å². The van der Waals surface area contributed by atoms with Crippen LogP contribution in [0, 0.1) is 13.8 Å². The number of carbonyl (C=O) groups excluding carboxylic acids is 1. The van der Waals surface area contributed by atoms with Crippen LogP contribution in [0.3, 0.4) is 0 Å². The lowest BCUT2D eigenvalue weighted by atomic mass is 10.1. The standard InChI is InChI=1S/C22H23NO3S2/c1-15-8-6-11-18(16(15)2)25-12-7-13-26-19-10-5-4-9-17(19)14-20-21(24)23(3)22(27)28-20/h4-6,8-11,14H,7,12-13H2,1-3H3/b20-14+. The van der Waals surface area contributed by atoms with Crippen LogP contribution in [0.25, 0.3) is 6.08 Å². The lowest BCUT2D eigenvalue weighted by molar-refractivity contribution is -0.121.